The number of hydrogen-bond donors (Lipinski definition) is 2. The van der Waals surface area contributed by atoms with Crippen molar-refractivity contribution in [3.63, 3.8) is 0 Å². The molecule has 1 aliphatic rings. The highest BCUT2D eigenvalue weighted by Crippen LogP contribution is 2.39. The van der Waals surface area contributed by atoms with E-state index >= 15 is 0 Å². The second-order valence-corrected chi connectivity index (χ2v) is 7.07. The number of amides is 1. The van der Waals surface area contributed by atoms with Crippen LogP contribution in [0.5, 0.6) is 0 Å². The van der Waals surface area contributed by atoms with Gasteiger partial charge < -0.3 is 0 Å². The molecule has 4 rings (SSSR count). The van der Waals surface area contributed by atoms with Gasteiger partial charge in [0.1, 0.15) is 16.8 Å². The molecule has 0 bridgehead atoms. The van der Waals surface area contributed by atoms with Gasteiger partial charge in [-0.1, -0.05) is 42.5 Å². The Morgan fingerprint density at radius 2 is 1.92 bits per heavy atom. The third-order valence-electron chi connectivity index (χ3n) is 4.31. The third kappa shape index (κ3) is 2.80. The lowest BCUT2D eigenvalue weighted by Crippen LogP contribution is -2.41. The molecule has 3 aromatic rings. The van der Waals surface area contributed by atoms with Crippen LogP contribution in [-0.2, 0) is 4.79 Å². The van der Waals surface area contributed by atoms with Gasteiger partial charge in [0.15, 0.2) is 0 Å². The van der Waals surface area contributed by atoms with Crippen molar-refractivity contribution in [3.05, 3.63) is 65.2 Å². The highest BCUT2D eigenvalue weighted by Gasteiger charge is 2.38. The van der Waals surface area contributed by atoms with Gasteiger partial charge in [0.2, 0.25) is 5.91 Å². The fraction of sp³-hybridized carbons (Fsp3) is 0.158. The van der Waals surface area contributed by atoms with Crippen molar-refractivity contribution in [1.29, 1.82) is 10.7 Å². The molecule has 1 amide bonds. The Kier molecular flexibility index (Phi) is 4.11. The Labute approximate surface area is 154 Å². The molecule has 1 aliphatic heterocycles. The van der Waals surface area contributed by atoms with E-state index in [2.05, 4.69) is 16.5 Å². The highest BCUT2D eigenvalue weighted by molar-refractivity contribution is 7.18. The molecule has 128 valence electrons. The molecule has 1 fully saturated rings. The molecule has 6 nitrogen and oxygen atoms in total. The van der Waals surface area contributed by atoms with Gasteiger partial charge in [-0.2, -0.15) is 5.26 Å². The van der Waals surface area contributed by atoms with Gasteiger partial charge in [-0.05, 0) is 17.7 Å². The van der Waals surface area contributed by atoms with E-state index in [1.807, 2.05) is 54.6 Å². The van der Waals surface area contributed by atoms with Crippen LogP contribution in [0.4, 0.5) is 0 Å². The lowest BCUT2D eigenvalue weighted by molar-refractivity contribution is -0.121. The van der Waals surface area contributed by atoms with E-state index in [1.165, 1.54) is 16.3 Å². The molecule has 2 heterocycles. The van der Waals surface area contributed by atoms with Gasteiger partial charge in [0.25, 0.3) is 0 Å². The Morgan fingerprint density at radius 1 is 1.19 bits per heavy atom. The lowest BCUT2D eigenvalue weighted by Gasteiger charge is -2.31. The Bertz CT molecular complexity index is 990. The minimum absolute atomic E-state index is 0.0152. The summed E-state index contributed by atoms with van der Waals surface area (Å²) in [5, 5.41) is 20.3. The van der Waals surface area contributed by atoms with Crippen molar-refractivity contribution in [2.45, 2.75) is 18.4 Å². The SMILES string of the molecule is N#CC(c1nc2ccccc2s1)C(c1ccccc1)N1NC(=O)CC1=N. The number of thiazole rings is 1. The first-order valence-corrected chi connectivity index (χ1v) is 8.95. The van der Waals surface area contributed by atoms with Gasteiger partial charge in [-0.25, -0.2) is 4.98 Å². The summed E-state index contributed by atoms with van der Waals surface area (Å²) in [6, 6.07) is 19.1. The maximum Gasteiger partial charge on any atom is 0.246 e. The fourth-order valence-corrected chi connectivity index (χ4v) is 4.18. The number of para-hydroxylation sites is 1. The summed E-state index contributed by atoms with van der Waals surface area (Å²) in [5.74, 6) is -0.698. The van der Waals surface area contributed by atoms with Gasteiger partial charge >= 0.3 is 0 Å². The first-order valence-electron chi connectivity index (χ1n) is 8.13. The van der Waals surface area contributed by atoms with Crippen LogP contribution in [0.25, 0.3) is 10.2 Å². The summed E-state index contributed by atoms with van der Waals surface area (Å²) in [6.07, 6.45) is 0.0152. The summed E-state index contributed by atoms with van der Waals surface area (Å²) in [5.41, 5.74) is 4.42. The average molecular weight is 361 g/mol. The number of fused-ring (bicyclic) bond motifs is 1. The number of amidine groups is 1. The van der Waals surface area contributed by atoms with Crippen LogP contribution in [-0.4, -0.2) is 21.7 Å². The minimum atomic E-state index is -0.617. The van der Waals surface area contributed by atoms with Crippen molar-refractivity contribution < 1.29 is 4.79 Å². The number of aromatic nitrogens is 1. The van der Waals surface area contributed by atoms with Crippen LogP contribution in [0, 0.1) is 16.7 Å². The molecule has 2 aromatic carbocycles. The molecule has 2 unspecified atom stereocenters. The van der Waals surface area contributed by atoms with E-state index in [0.717, 1.165) is 15.8 Å². The predicted octanol–water partition coefficient (Wildman–Crippen LogP) is 3.36. The summed E-state index contributed by atoms with van der Waals surface area (Å²) in [7, 11) is 0. The predicted molar refractivity (Wildman–Crippen MR) is 99.5 cm³/mol. The van der Waals surface area contributed by atoms with Gasteiger partial charge in [0.05, 0.1) is 28.7 Å². The maximum absolute atomic E-state index is 11.8. The van der Waals surface area contributed by atoms with Crippen LogP contribution in [0.3, 0.4) is 0 Å². The summed E-state index contributed by atoms with van der Waals surface area (Å²) in [4.78, 5) is 16.4. The highest BCUT2D eigenvalue weighted by atomic mass is 32.1. The molecule has 0 radical (unpaired) electrons. The number of hydrogen-bond acceptors (Lipinski definition) is 5. The van der Waals surface area contributed by atoms with Crippen LogP contribution in [0.2, 0.25) is 0 Å². The van der Waals surface area contributed by atoms with Crippen molar-refractivity contribution in [3.8, 4) is 6.07 Å². The molecular weight excluding hydrogens is 346 g/mol. The number of rotatable bonds is 4. The Balaban J connectivity index is 1.82. The lowest BCUT2D eigenvalue weighted by atomic mass is 9.93. The first-order chi connectivity index (χ1) is 12.7. The number of nitrogens with zero attached hydrogens (tertiary/aromatic N) is 3. The number of carbonyl (C=O) groups excluding carboxylic acids is 1. The zero-order valence-electron chi connectivity index (χ0n) is 13.7. The quantitative estimate of drug-likeness (QED) is 0.745. The molecule has 2 N–H and O–H groups in total. The molecule has 1 saturated heterocycles. The number of nitrogens with one attached hydrogen (secondary N) is 2. The normalized spacial score (nSPS) is 16.3. The summed E-state index contributed by atoms with van der Waals surface area (Å²) < 4.78 is 1.01. The first kappa shape index (κ1) is 16.2. The van der Waals surface area contributed by atoms with Crippen molar-refractivity contribution in [2.75, 3.05) is 0 Å². The van der Waals surface area contributed by atoms with E-state index in [4.69, 9.17) is 5.41 Å². The van der Waals surface area contributed by atoms with Crippen molar-refractivity contribution in [2.24, 2.45) is 0 Å². The summed E-state index contributed by atoms with van der Waals surface area (Å²) in [6.45, 7) is 0. The molecule has 2 atom stereocenters. The second-order valence-electron chi connectivity index (χ2n) is 6.01. The van der Waals surface area contributed by atoms with Crippen LogP contribution in [0.1, 0.15) is 29.0 Å². The topological polar surface area (TPSA) is 92.9 Å². The van der Waals surface area contributed by atoms with Crippen molar-refractivity contribution in [1.82, 2.24) is 15.4 Å². The fourth-order valence-electron chi connectivity index (χ4n) is 3.14. The smallest absolute Gasteiger partial charge is 0.246 e. The maximum atomic E-state index is 11.8. The van der Waals surface area contributed by atoms with E-state index in [9.17, 15) is 10.1 Å². The molecular formula is C19H15N5OS. The number of carbonyl (C=O) groups is 1. The molecule has 26 heavy (non-hydrogen) atoms. The van der Waals surface area contributed by atoms with E-state index in [-0.39, 0.29) is 18.2 Å². The minimum Gasteiger partial charge on any atom is -0.287 e. The third-order valence-corrected chi connectivity index (χ3v) is 5.43. The van der Waals surface area contributed by atoms with Crippen LogP contribution >= 0.6 is 11.3 Å². The Hall–Kier alpha value is -3.24. The molecule has 0 aliphatic carbocycles. The number of hydrazine groups is 1. The van der Waals surface area contributed by atoms with Gasteiger partial charge in [0, 0.05) is 0 Å². The second kappa shape index (κ2) is 6.58. The molecule has 0 spiro atoms. The largest absolute Gasteiger partial charge is 0.287 e. The van der Waals surface area contributed by atoms with Gasteiger partial charge in [-0.3, -0.25) is 20.6 Å². The Morgan fingerprint density at radius 3 is 2.58 bits per heavy atom. The number of nitriles is 1. The van der Waals surface area contributed by atoms with Crippen molar-refractivity contribution >= 4 is 33.3 Å². The zero-order chi connectivity index (χ0) is 18.1. The zero-order valence-corrected chi connectivity index (χ0v) is 14.5. The van der Waals surface area contributed by atoms with Gasteiger partial charge in [-0.15, -0.1) is 11.3 Å². The average Bonchev–Trinajstić information content (AvgIpc) is 3.22. The monoisotopic (exact) mass is 361 g/mol. The van der Waals surface area contributed by atoms with E-state index in [1.54, 1.807) is 0 Å². The molecule has 7 heteroatoms. The molecule has 0 saturated carbocycles. The van der Waals surface area contributed by atoms with Crippen LogP contribution in [0.15, 0.2) is 54.6 Å². The van der Waals surface area contributed by atoms with Crippen LogP contribution < -0.4 is 5.43 Å². The molecule has 1 aromatic heterocycles. The number of benzene rings is 2. The van der Waals surface area contributed by atoms with E-state index < -0.39 is 12.0 Å². The standard InChI is InChI=1S/C19H15N5OS/c20-11-13(19-22-14-8-4-5-9-15(14)26-19)18(12-6-2-1-3-7-12)24-16(21)10-17(25)23-24/h1-9,13,18,21H,10H2,(H,23,25). The summed E-state index contributed by atoms with van der Waals surface area (Å²) >= 11 is 1.47. The van der Waals surface area contributed by atoms with E-state index in [0.29, 0.717) is 5.01 Å².